The highest BCUT2D eigenvalue weighted by Gasteiger charge is 2.27. The average molecular weight is 294 g/mol. The number of hydrogen-bond donors (Lipinski definition) is 1. The van der Waals surface area contributed by atoms with Crippen molar-refractivity contribution in [3.63, 3.8) is 0 Å². The molecule has 3 rings (SSSR count). The van der Waals surface area contributed by atoms with E-state index < -0.39 is 0 Å². The van der Waals surface area contributed by atoms with Crippen molar-refractivity contribution in [2.45, 2.75) is 19.3 Å². The first-order valence-electron chi connectivity index (χ1n) is 7.72. The third-order valence-electron chi connectivity index (χ3n) is 4.39. The standard InChI is InChI=1S/C16H24ClN3/c17-15-3-1-2-14(6-7-18)16(15)20-10-8-19(9-11-20)12-13-4-5-13/h1-3,13H,4-12,18H2. The minimum atomic E-state index is 0.676. The van der Waals surface area contributed by atoms with Crippen molar-refractivity contribution in [3.05, 3.63) is 28.8 Å². The normalized spacial score (nSPS) is 20.4. The molecule has 1 aromatic rings. The second-order valence-corrected chi connectivity index (χ2v) is 6.42. The summed E-state index contributed by atoms with van der Waals surface area (Å²) >= 11 is 6.43. The molecule has 4 heteroatoms. The molecule has 1 aromatic carbocycles. The van der Waals surface area contributed by atoms with Crippen LogP contribution in [-0.4, -0.2) is 44.2 Å². The van der Waals surface area contributed by atoms with Crippen LogP contribution in [0.1, 0.15) is 18.4 Å². The van der Waals surface area contributed by atoms with E-state index in [9.17, 15) is 0 Å². The monoisotopic (exact) mass is 293 g/mol. The van der Waals surface area contributed by atoms with Gasteiger partial charge in [-0.3, -0.25) is 4.90 Å². The third-order valence-corrected chi connectivity index (χ3v) is 4.69. The van der Waals surface area contributed by atoms with Gasteiger partial charge in [-0.1, -0.05) is 23.7 Å². The zero-order chi connectivity index (χ0) is 13.9. The van der Waals surface area contributed by atoms with Crippen LogP contribution in [0.3, 0.4) is 0 Å². The molecule has 2 N–H and O–H groups in total. The lowest BCUT2D eigenvalue weighted by atomic mass is 10.1. The minimum Gasteiger partial charge on any atom is -0.368 e. The molecule has 1 heterocycles. The second kappa shape index (κ2) is 6.33. The Bertz CT molecular complexity index is 451. The summed E-state index contributed by atoms with van der Waals surface area (Å²) in [5, 5.41) is 0.867. The van der Waals surface area contributed by atoms with E-state index in [0.29, 0.717) is 6.54 Å². The second-order valence-electron chi connectivity index (χ2n) is 6.02. The van der Waals surface area contributed by atoms with Crippen LogP contribution in [0.4, 0.5) is 5.69 Å². The van der Waals surface area contributed by atoms with Gasteiger partial charge in [0.2, 0.25) is 0 Å². The van der Waals surface area contributed by atoms with Crippen molar-refractivity contribution in [1.29, 1.82) is 0 Å². The van der Waals surface area contributed by atoms with Crippen molar-refractivity contribution < 1.29 is 0 Å². The number of halogens is 1. The largest absolute Gasteiger partial charge is 0.368 e. The fourth-order valence-corrected chi connectivity index (χ4v) is 3.40. The highest BCUT2D eigenvalue weighted by molar-refractivity contribution is 6.33. The summed E-state index contributed by atoms with van der Waals surface area (Å²) in [5.41, 5.74) is 8.22. The van der Waals surface area contributed by atoms with Gasteiger partial charge in [-0.05, 0) is 43.4 Å². The number of nitrogens with two attached hydrogens (primary N) is 1. The highest BCUT2D eigenvalue weighted by atomic mass is 35.5. The number of piperazine rings is 1. The molecule has 0 bridgehead atoms. The van der Waals surface area contributed by atoms with Gasteiger partial charge in [0, 0.05) is 32.7 Å². The molecule has 2 fully saturated rings. The maximum Gasteiger partial charge on any atom is 0.0642 e. The predicted molar refractivity (Wildman–Crippen MR) is 85.6 cm³/mol. The van der Waals surface area contributed by atoms with Gasteiger partial charge in [-0.25, -0.2) is 0 Å². The maximum absolute atomic E-state index is 6.43. The summed E-state index contributed by atoms with van der Waals surface area (Å²) in [6.07, 6.45) is 3.77. The zero-order valence-corrected chi connectivity index (χ0v) is 12.8. The lowest BCUT2D eigenvalue weighted by molar-refractivity contribution is 0.248. The Hall–Kier alpha value is -0.770. The van der Waals surface area contributed by atoms with Gasteiger partial charge in [0.1, 0.15) is 0 Å². The van der Waals surface area contributed by atoms with E-state index in [1.54, 1.807) is 0 Å². The fraction of sp³-hybridized carbons (Fsp3) is 0.625. The van der Waals surface area contributed by atoms with Crippen LogP contribution < -0.4 is 10.6 Å². The van der Waals surface area contributed by atoms with Crippen LogP contribution in [0.2, 0.25) is 5.02 Å². The number of para-hydroxylation sites is 1. The molecule has 0 unspecified atom stereocenters. The molecular weight excluding hydrogens is 270 g/mol. The SMILES string of the molecule is NCCc1cccc(Cl)c1N1CCN(CC2CC2)CC1. The number of hydrogen-bond acceptors (Lipinski definition) is 3. The summed E-state index contributed by atoms with van der Waals surface area (Å²) < 4.78 is 0. The first kappa shape index (κ1) is 14.2. The molecule has 2 aliphatic rings. The van der Waals surface area contributed by atoms with Gasteiger partial charge < -0.3 is 10.6 Å². The van der Waals surface area contributed by atoms with E-state index in [1.165, 1.54) is 30.6 Å². The van der Waals surface area contributed by atoms with E-state index in [4.69, 9.17) is 17.3 Å². The quantitative estimate of drug-likeness (QED) is 0.905. The summed E-state index contributed by atoms with van der Waals surface area (Å²) in [6.45, 7) is 6.44. The van der Waals surface area contributed by atoms with E-state index in [0.717, 1.165) is 43.5 Å². The van der Waals surface area contributed by atoms with E-state index >= 15 is 0 Å². The summed E-state index contributed by atoms with van der Waals surface area (Å²) in [7, 11) is 0. The predicted octanol–water partition coefficient (Wildman–Crippen LogP) is 2.37. The highest BCUT2D eigenvalue weighted by Crippen LogP contribution is 2.33. The van der Waals surface area contributed by atoms with Crippen LogP contribution in [0.25, 0.3) is 0 Å². The molecule has 1 aliphatic heterocycles. The Labute approximate surface area is 126 Å². The minimum absolute atomic E-state index is 0.676. The smallest absolute Gasteiger partial charge is 0.0642 e. The van der Waals surface area contributed by atoms with Crippen LogP contribution in [-0.2, 0) is 6.42 Å². The molecule has 0 atom stereocenters. The summed E-state index contributed by atoms with van der Waals surface area (Å²) in [4.78, 5) is 5.05. The van der Waals surface area contributed by atoms with Crippen LogP contribution in [0, 0.1) is 5.92 Å². The molecule has 1 aliphatic carbocycles. The molecule has 0 aromatic heterocycles. The van der Waals surface area contributed by atoms with Gasteiger partial charge in [0.15, 0.2) is 0 Å². The fourth-order valence-electron chi connectivity index (χ4n) is 3.09. The van der Waals surface area contributed by atoms with Gasteiger partial charge in [0.25, 0.3) is 0 Å². The third kappa shape index (κ3) is 3.27. The molecule has 3 nitrogen and oxygen atoms in total. The Kier molecular flexibility index (Phi) is 4.49. The summed E-state index contributed by atoms with van der Waals surface area (Å²) in [5.74, 6) is 0.981. The average Bonchev–Trinajstić information content (AvgIpc) is 3.25. The van der Waals surface area contributed by atoms with Crippen LogP contribution in [0.5, 0.6) is 0 Å². The van der Waals surface area contributed by atoms with Crippen molar-refractivity contribution in [3.8, 4) is 0 Å². The molecule has 0 amide bonds. The number of rotatable bonds is 5. The van der Waals surface area contributed by atoms with Crippen LogP contribution in [0.15, 0.2) is 18.2 Å². The Morgan fingerprint density at radius 1 is 1.15 bits per heavy atom. The Morgan fingerprint density at radius 3 is 2.55 bits per heavy atom. The molecule has 1 saturated heterocycles. The lowest BCUT2D eigenvalue weighted by Gasteiger charge is -2.37. The molecule has 0 spiro atoms. The van der Waals surface area contributed by atoms with Crippen molar-refractivity contribution >= 4 is 17.3 Å². The first-order chi connectivity index (χ1) is 9.78. The van der Waals surface area contributed by atoms with Crippen molar-refractivity contribution in [1.82, 2.24) is 4.90 Å². The zero-order valence-electron chi connectivity index (χ0n) is 12.0. The Morgan fingerprint density at radius 2 is 1.90 bits per heavy atom. The number of benzene rings is 1. The van der Waals surface area contributed by atoms with E-state index in [2.05, 4.69) is 15.9 Å². The molecule has 1 saturated carbocycles. The van der Waals surface area contributed by atoms with Crippen molar-refractivity contribution in [2.24, 2.45) is 11.7 Å². The molecule has 110 valence electrons. The Balaban J connectivity index is 1.67. The number of nitrogens with zero attached hydrogens (tertiary/aromatic N) is 2. The lowest BCUT2D eigenvalue weighted by Crippen LogP contribution is -2.47. The van der Waals surface area contributed by atoms with Gasteiger partial charge >= 0.3 is 0 Å². The van der Waals surface area contributed by atoms with Gasteiger partial charge in [0.05, 0.1) is 10.7 Å². The number of anilines is 1. The van der Waals surface area contributed by atoms with Crippen LogP contribution >= 0.6 is 11.6 Å². The maximum atomic E-state index is 6.43. The molecule has 0 radical (unpaired) electrons. The molecule has 20 heavy (non-hydrogen) atoms. The topological polar surface area (TPSA) is 32.5 Å². The molecular formula is C16H24ClN3. The van der Waals surface area contributed by atoms with E-state index in [-0.39, 0.29) is 0 Å². The van der Waals surface area contributed by atoms with Crippen molar-refractivity contribution in [2.75, 3.05) is 44.2 Å². The first-order valence-corrected chi connectivity index (χ1v) is 8.10. The van der Waals surface area contributed by atoms with E-state index in [1.807, 2.05) is 12.1 Å². The van der Waals surface area contributed by atoms with Gasteiger partial charge in [-0.2, -0.15) is 0 Å². The van der Waals surface area contributed by atoms with Gasteiger partial charge in [-0.15, -0.1) is 0 Å². The summed E-state index contributed by atoms with van der Waals surface area (Å²) in [6, 6.07) is 6.18.